The molecule has 1 aliphatic heterocycles. The Morgan fingerprint density at radius 1 is 1.56 bits per heavy atom. The summed E-state index contributed by atoms with van der Waals surface area (Å²) in [5.41, 5.74) is 6.21. The largest absolute Gasteiger partial charge is 0.334 e. The van der Waals surface area contributed by atoms with Crippen molar-refractivity contribution in [2.75, 3.05) is 6.54 Å². The van der Waals surface area contributed by atoms with E-state index in [1.54, 1.807) is 4.90 Å². The molecule has 1 aromatic heterocycles. The molecule has 2 atom stereocenters. The van der Waals surface area contributed by atoms with Gasteiger partial charge in [0.25, 0.3) is 5.91 Å². The highest BCUT2D eigenvalue weighted by molar-refractivity contribution is 5.94. The number of hydrogen-bond acceptors (Lipinski definition) is 3. The average Bonchev–Trinajstić information content (AvgIpc) is 2.38. The van der Waals surface area contributed by atoms with Gasteiger partial charge in [-0.1, -0.05) is 0 Å². The van der Waals surface area contributed by atoms with Crippen molar-refractivity contribution in [1.29, 1.82) is 0 Å². The maximum atomic E-state index is 13.1. The van der Waals surface area contributed by atoms with Gasteiger partial charge in [-0.15, -0.1) is 0 Å². The van der Waals surface area contributed by atoms with Gasteiger partial charge in [0.2, 0.25) is 0 Å². The Hall–Kier alpha value is -1.49. The van der Waals surface area contributed by atoms with Gasteiger partial charge in [0.15, 0.2) is 0 Å². The highest BCUT2D eigenvalue weighted by Gasteiger charge is 2.29. The minimum atomic E-state index is -0.491. The minimum absolute atomic E-state index is 0.0366. The Morgan fingerprint density at radius 2 is 2.33 bits per heavy atom. The van der Waals surface area contributed by atoms with E-state index in [4.69, 9.17) is 5.73 Å². The van der Waals surface area contributed by atoms with Crippen LogP contribution in [0.25, 0.3) is 0 Å². The molecule has 2 rings (SSSR count). The van der Waals surface area contributed by atoms with Crippen molar-refractivity contribution in [3.63, 3.8) is 0 Å². The monoisotopic (exact) mass is 251 g/mol. The van der Waals surface area contributed by atoms with Crippen LogP contribution < -0.4 is 5.73 Å². The lowest BCUT2D eigenvalue weighted by Crippen LogP contribution is -2.51. The van der Waals surface area contributed by atoms with Gasteiger partial charge >= 0.3 is 0 Å². The lowest BCUT2D eigenvalue weighted by atomic mass is 9.96. The molecule has 98 valence electrons. The molecule has 1 fully saturated rings. The number of carbonyl (C=O) groups is 1. The predicted molar refractivity (Wildman–Crippen MR) is 66.5 cm³/mol. The molecule has 1 aromatic rings. The Labute approximate surface area is 106 Å². The summed E-state index contributed by atoms with van der Waals surface area (Å²) in [4.78, 5) is 17.8. The number of likely N-dealkylation sites (tertiary alicyclic amines) is 1. The van der Waals surface area contributed by atoms with Crippen LogP contribution in [0.15, 0.2) is 18.5 Å². The third kappa shape index (κ3) is 2.67. The van der Waals surface area contributed by atoms with E-state index >= 15 is 0 Å². The lowest BCUT2D eigenvalue weighted by Gasteiger charge is -2.38. The third-order valence-corrected chi connectivity index (χ3v) is 3.37. The molecule has 5 heteroatoms. The molecule has 4 nitrogen and oxygen atoms in total. The number of aromatic nitrogens is 1. The fraction of sp³-hybridized carbons (Fsp3) is 0.538. The van der Waals surface area contributed by atoms with Crippen LogP contribution >= 0.6 is 0 Å². The van der Waals surface area contributed by atoms with Gasteiger partial charge in [-0.2, -0.15) is 0 Å². The average molecular weight is 251 g/mol. The van der Waals surface area contributed by atoms with Gasteiger partial charge in [-0.05, 0) is 32.3 Å². The van der Waals surface area contributed by atoms with Crippen molar-refractivity contribution < 1.29 is 9.18 Å². The number of carbonyl (C=O) groups excluding carboxylic acids is 1. The zero-order valence-electron chi connectivity index (χ0n) is 10.5. The van der Waals surface area contributed by atoms with Crippen LogP contribution in [0.3, 0.4) is 0 Å². The van der Waals surface area contributed by atoms with E-state index in [9.17, 15) is 9.18 Å². The summed E-state index contributed by atoms with van der Waals surface area (Å²) in [6, 6.07) is 1.19. The van der Waals surface area contributed by atoms with Crippen LogP contribution in [0.4, 0.5) is 4.39 Å². The smallest absolute Gasteiger partial charge is 0.255 e. The SMILES string of the molecule is C[C@@H](N)[C@H]1CCCCN1C(=O)c1cncc(F)c1. The Morgan fingerprint density at radius 3 is 3.00 bits per heavy atom. The zero-order chi connectivity index (χ0) is 13.1. The highest BCUT2D eigenvalue weighted by Crippen LogP contribution is 2.21. The third-order valence-electron chi connectivity index (χ3n) is 3.37. The van der Waals surface area contributed by atoms with Crippen molar-refractivity contribution in [3.8, 4) is 0 Å². The van der Waals surface area contributed by atoms with E-state index in [0.717, 1.165) is 25.5 Å². The first-order valence-electron chi connectivity index (χ1n) is 6.26. The van der Waals surface area contributed by atoms with Crippen LogP contribution in [0.5, 0.6) is 0 Å². The second-order valence-electron chi connectivity index (χ2n) is 4.81. The summed E-state index contributed by atoms with van der Waals surface area (Å²) in [5, 5.41) is 0. The standard InChI is InChI=1S/C13H18FN3O/c1-9(15)12-4-2-3-5-17(12)13(18)10-6-11(14)8-16-7-10/h6-9,12H,2-5,15H2,1H3/t9-,12-/m1/s1. The van der Waals surface area contributed by atoms with E-state index in [1.165, 1.54) is 12.3 Å². The predicted octanol–water partition coefficient (Wildman–Crippen LogP) is 1.56. The van der Waals surface area contributed by atoms with Gasteiger partial charge < -0.3 is 10.6 Å². The van der Waals surface area contributed by atoms with Crippen molar-refractivity contribution in [3.05, 3.63) is 29.8 Å². The van der Waals surface area contributed by atoms with Gasteiger partial charge in [0.05, 0.1) is 11.8 Å². The molecule has 2 N–H and O–H groups in total. The quantitative estimate of drug-likeness (QED) is 0.867. The molecule has 0 aliphatic carbocycles. The van der Waals surface area contributed by atoms with E-state index < -0.39 is 5.82 Å². The van der Waals surface area contributed by atoms with Crippen LogP contribution in [0, 0.1) is 5.82 Å². The first-order chi connectivity index (χ1) is 8.59. The van der Waals surface area contributed by atoms with Crippen LogP contribution in [0.1, 0.15) is 36.5 Å². The molecule has 1 amide bonds. The van der Waals surface area contributed by atoms with Crippen molar-refractivity contribution in [1.82, 2.24) is 9.88 Å². The molecule has 0 spiro atoms. The molecule has 1 aliphatic rings. The van der Waals surface area contributed by atoms with E-state index in [0.29, 0.717) is 12.1 Å². The highest BCUT2D eigenvalue weighted by atomic mass is 19.1. The molecule has 0 saturated carbocycles. The number of nitrogens with zero attached hydrogens (tertiary/aromatic N) is 2. The Bertz CT molecular complexity index is 436. The number of pyridine rings is 1. The van der Waals surface area contributed by atoms with E-state index in [2.05, 4.69) is 4.98 Å². The Balaban J connectivity index is 2.21. The summed E-state index contributed by atoms with van der Waals surface area (Å²) >= 11 is 0. The minimum Gasteiger partial charge on any atom is -0.334 e. The lowest BCUT2D eigenvalue weighted by molar-refractivity contribution is 0.0583. The number of amides is 1. The molecular weight excluding hydrogens is 233 g/mol. The molecule has 1 saturated heterocycles. The zero-order valence-corrected chi connectivity index (χ0v) is 10.5. The molecule has 0 unspecified atom stereocenters. The first kappa shape index (κ1) is 13.0. The van der Waals surface area contributed by atoms with Crippen LogP contribution in [-0.4, -0.2) is 34.4 Å². The fourth-order valence-electron chi connectivity index (χ4n) is 2.45. The summed E-state index contributed by atoms with van der Waals surface area (Å²) in [6.07, 6.45) is 5.45. The van der Waals surface area contributed by atoms with E-state index in [-0.39, 0.29) is 18.0 Å². The number of hydrogen-bond donors (Lipinski definition) is 1. The molecule has 0 bridgehead atoms. The van der Waals surface area contributed by atoms with Gasteiger partial charge in [0.1, 0.15) is 5.82 Å². The molecular formula is C13H18FN3O. The molecule has 0 radical (unpaired) electrons. The summed E-state index contributed by atoms with van der Waals surface area (Å²) in [5.74, 6) is -0.667. The number of rotatable bonds is 2. The molecule has 0 aromatic carbocycles. The summed E-state index contributed by atoms with van der Waals surface area (Å²) in [6.45, 7) is 2.58. The second-order valence-corrected chi connectivity index (χ2v) is 4.81. The van der Waals surface area contributed by atoms with E-state index in [1.807, 2.05) is 6.92 Å². The van der Waals surface area contributed by atoms with Gasteiger partial charge in [-0.3, -0.25) is 9.78 Å². The summed E-state index contributed by atoms with van der Waals surface area (Å²) < 4.78 is 13.1. The van der Waals surface area contributed by atoms with Crippen molar-refractivity contribution >= 4 is 5.91 Å². The molecule has 2 heterocycles. The maximum Gasteiger partial charge on any atom is 0.255 e. The van der Waals surface area contributed by atoms with Gasteiger partial charge in [0, 0.05) is 24.8 Å². The van der Waals surface area contributed by atoms with Crippen molar-refractivity contribution in [2.24, 2.45) is 5.73 Å². The Kier molecular flexibility index (Phi) is 3.91. The number of piperidine rings is 1. The fourth-order valence-corrected chi connectivity index (χ4v) is 2.45. The normalized spacial score (nSPS) is 21.7. The second kappa shape index (κ2) is 5.44. The molecule has 18 heavy (non-hydrogen) atoms. The maximum absolute atomic E-state index is 13.1. The summed E-state index contributed by atoms with van der Waals surface area (Å²) in [7, 11) is 0. The number of nitrogens with two attached hydrogens (primary N) is 1. The van der Waals surface area contributed by atoms with Gasteiger partial charge in [-0.25, -0.2) is 4.39 Å². The number of halogens is 1. The topological polar surface area (TPSA) is 59.2 Å². The van der Waals surface area contributed by atoms with Crippen LogP contribution in [0.2, 0.25) is 0 Å². The van der Waals surface area contributed by atoms with Crippen LogP contribution in [-0.2, 0) is 0 Å². The van der Waals surface area contributed by atoms with Crippen molar-refractivity contribution in [2.45, 2.75) is 38.3 Å². The first-order valence-corrected chi connectivity index (χ1v) is 6.26.